The molecule has 3 rings (SSSR count). The molecule has 3 aromatic rings. The Morgan fingerprint density at radius 1 is 1.19 bits per heavy atom. The highest BCUT2D eigenvalue weighted by Gasteiger charge is 2.29. The van der Waals surface area contributed by atoms with Crippen LogP contribution in [-0.4, -0.2) is 20.7 Å². The van der Waals surface area contributed by atoms with Crippen molar-refractivity contribution in [3.05, 3.63) is 52.5 Å². The molecular weight excluding hydrogens is 361 g/mol. The number of aromatic hydroxyl groups is 1. The fraction of sp³-hybridized carbons (Fsp3) is 0.167. The topological polar surface area (TPSA) is 96.9 Å². The first kappa shape index (κ1) is 17.9. The molecule has 0 fully saturated rings. The van der Waals surface area contributed by atoms with Gasteiger partial charge in [0.1, 0.15) is 16.7 Å². The fourth-order valence-electron chi connectivity index (χ4n) is 3.13. The van der Waals surface area contributed by atoms with Gasteiger partial charge in [-0.05, 0) is 31.5 Å². The van der Waals surface area contributed by atoms with E-state index in [0.29, 0.717) is 38.9 Å². The molecule has 0 saturated carbocycles. The number of hydrogen-bond acceptors (Lipinski definition) is 4. The van der Waals surface area contributed by atoms with Crippen LogP contribution < -0.4 is 5.73 Å². The van der Waals surface area contributed by atoms with Crippen molar-refractivity contribution in [1.29, 1.82) is 0 Å². The van der Waals surface area contributed by atoms with Crippen LogP contribution in [0.4, 0.5) is 4.39 Å². The lowest BCUT2D eigenvalue weighted by molar-refractivity contribution is 0.318. The van der Waals surface area contributed by atoms with E-state index in [-0.39, 0.29) is 17.1 Å². The van der Waals surface area contributed by atoms with E-state index in [1.807, 2.05) is 0 Å². The second-order valence-corrected chi connectivity index (χ2v) is 6.27. The number of phenols is 1. The number of benzene rings is 1. The largest absolute Gasteiger partial charge is 0.508 e. The van der Waals surface area contributed by atoms with Gasteiger partial charge in [0.25, 0.3) is 6.01 Å². The van der Waals surface area contributed by atoms with Crippen molar-refractivity contribution in [1.82, 2.24) is 4.57 Å². The molecule has 0 atom stereocenters. The zero-order chi connectivity index (χ0) is 19.2. The number of halogens is 2. The summed E-state index contributed by atoms with van der Waals surface area (Å²) in [6.45, 7) is 3.21. The lowest BCUT2D eigenvalue weighted by Crippen LogP contribution is -2.18. The summed E-state index contributed by atoms with van der Waals surface area (Å²) in [5, 5.41) is 22.2. The van der Waals surface area contributed by atoms with Crippen molar-refractivity contribution < 1.29 is 19.1 Å². The van der Waals surface area contributed by atoms with Gasteiger partial charge in [0.15, 0.2) is 5.84 Å². The van der Waals surface area contributed by atoms with Gasteiger partial charge >= 0.3 is 0 Å². The number of phenolic OH excluding ortho intramolecular Hbond substituents is 1. The van der Waals surface area contributed by atoms with Crippen LogP contribution in [0.5, 0.6) is 5.75 Å². The molecule has 8 heteroatoms. The van der Waals surface area contributed by atoms with Crippen LogP contribution >= 0.6 is 11.6 Å². The van der Waals surface area contributed by atoms with Gasteiger partial charge < -0.3 is 25.0 Å². The Bertz CT molecular complexity index is 1020. The Morgan fingerprint density at radius 2 is 1.81 bits per heavy atom. The fourth-order valence-corrected chi connectivity index (χ4v) is 3.41. The molecule has 0 aliphatic carbocycles. The number of nitrogens with two attached hydrogens (primary N) is 1. The first-order valence-corrected chi connectivity index (χ1v) is 8.07. The summed E-state index contributed by atoms with van der Waals surface area (Å²) >= 11 is 6.54. The summed E-state index contributed by atoms with van der Waals surface area (Å²) in [5.41, 5.74) is 8.70. The van der Waals surface area contributed by atoms with Crippen LogP contribution in [0, 0.1) is 19.9 Å². The number of aryl methyl sites for hydroxylation is 1. The minimum Gasteiger partial charge on any atom is -0.508 e. The second-order valence-electron chi connectivity index (χ2n) is 5.91. The maximum absolute atomic E-state index is 14.0. The van der Waals surface area contributed by atoms with Gasteiger partial charge in [0.05, 0.1) is 5.69 Å². The van der Waals surface area contributed by atoms with Gasteiger partial charge in [-0.25, -0.2) is 0 Å². The first-order chi connectivity index (χ1) is 12.3. The van der Waals surface area contributed by atoms with Crippen LogP contribution in [0.25, 0.3) is 22.3 Å². The van der Waals surface area contributed by atoms with E-state index >= 15 is 0 Å². The van der Waals surface area contributed by atoms with Crippen LogP contribution in [0.3, 0.4) is 0 Å². The molecule has 136 valence electrons. The number of furan rings is 1. The highest BCUT2D eigenvalue weighted by Crippen LogP contribution is 2.45. The lowest BCUT2D eigenvalue weighted by Gasteiger charge is -2.09. The first-order valence-electron chi connectivity index (χ1n) is 7.69. The maximum atomic E-state index is 14.0. The molecule has 0 amide bonds. The van der Waals surface area contributed by atoms with Crippen molar-refractivity contribution in [2.45, 2.75) is 13.8 Å². The Kier molecular flexibility index (Phi) is 4.41. The number of amidine groups is 1. The van der Waals surface area contributed by atoms with Gasteiger partial charge in [-0.1, -0.05) is 28.9 Å². The van der Waals surface area contributed by atoms with E-state index in [4.69, 9.17) is 21.8 Å². The molecule has 2 heterocycles. The van der Waals surface area contributed by atoms with E-state index in [0.717, 1.165) is 0 Å². The average Bonchev–Trinajstić information content (AvgIpc) is 3.01. The van der Waals surface area contributed by atoms with E-state index in [2.05, 4.69) is 5.16 Å². The van der Waals surface area contributed by atoms with Gasteiger partial charge in [0, 0.05) is 29.3 Å². The molecule has 4 N–H and O–H groups in total. The molecule has 0 radical (unpaired) electrons. The summed E-state index contributed by atoms with van der Waals surface area (Å²) in [6, 6.07) is 5.68. The number of oxime groups is 1. The van der Waals surface area contributed by atoms with Gasteiger partial charge in [0.2, 0.25) is 0 Å². The number of hydrogen-bond donors (Lipinski definition) is 3. The third-order valence-corrected chi connectivity index (χ3v) is 4.79. The molecule has 0 aliphatic rings. The average molecular weight is 378 g/mol. The van der Waals surface area contributed by atoms with E-state index in [1.165, 1.54) is 12.1 Å². The van der Waals surface area contributed by atoms with Crippen LogP contribution in [0.1, 0.15) is 17.0 Å². The summed E-state index contributed by atoms with van der Waals surface area (Å²) in [7, 11) is 1.66. The van der Waals surface area contributed by atoms with E-state index < -0.39 is 6.01 Å². The van der Waals surface area contributed by atoms with Gasteiger partial charge in [-0.15, -0.1) is 0 Å². The highest BCUT2D eigenvalue weighted by atomic mass is 35.5. The van der Waals surface area contributed by atoms with Crippen molar-refractivity contribution >= 4 is 17.4 Å². The Balaban J connectivity index is 2.47. The summed E-state index contributed by atoms with van der Waals surface area (Å²) in [5.74, 6) is 0.268. The normalized spacial score (nSPS) is 12.0. The standard InChI is InChI=1S/C18H17ClFN3O3/c1-8-12(9(2)26-17(8)20)14-13(10-4-6-11(24)7-5-10)16(19)23(3)15(14)18(21)22-25/h4-7,24-25H,1-3H3,(H2,21,22). The third-order valence-electron chi connectivity index (χ3n) is 4.34. The van der Waals surface area contributed by atoms with Gasteiger partial charge in [-0.3, -0.25) is 0 Å². The molecule has 0 saturated heterocycles. The molecule has 0 spiro atoms. The minimum atomic E-state index is -0.709. The maximum Gasteiger partial charge on any atom is 0.281 e. The van der Waals surface area contributed by atoms with E-state index in [9.17, 15) is 14.7 Å². The van der Waals surface area contributed by atoms with Crippen molar-refractivity contribution in [3.63, 3.8) is 0 Å². The van der Waals surface area contributed by atoms with Crippen molar-refractivity contribution in [3.8, 4) is 28.0 Å². The Morgan fingerprint density at radius 3 is 2.31 bits per heavy atom. The Labute approximate surface area is 153 Å². The zero-order valence-corrected chi connectivity index (χ0v) is 15.1. The van der Waals surface area contributed by atoms with Crippen molar-refractivity contribution in [2.75, 3.05) is 0 Å². The number of aromatic nitrogens is 1. The number of rotatable bonds is 3. The monoisotopic (exact) mass is 377 g/mol. The van der Waals surface area contributed by atoms with Crippen molar-refractivity contribution in [2.24, 2.45) is 17.9 Å². The SMILES string of the molecule is Cc1oc(F)c(C)c1-c1c(-c2ccc(O)cc2)c(Cl)n(C)c1C(N)=NO. The highest BCUT2D eigenvalue weighted by molar-refractivity contribution is 6.34. The molecule has 0 aliphatic heterocycles. The molecule has 1 aromatic carbocycles. The Hall–Kier alpha value is -2.93. The minimum absolute atomic E-state index is 0.0979. The zero-order valence-electron chi connectivity index (χ0n) is 14.3. The molecule has 0 bridgehead atoms. The lowest BCUT2D eigenvalue weighted by atomic mass is 9.94. The summed E-state index contributed by atoms with van der Waals surface area (Å²) < 4.78 is 20.7. The summed E-state index contributed by atoms with van der Waals surface area (Å²) in [6.07, 6.45) is 0. The van der Waals surface area contributed by atoms with Gasteiger partial charge in [-0.2, -0.15) is 4.39 Å². The predicted octanol–water partition coefficient (Wildman–Crippen LogP) is 4.16. The predicted molar refractivity (Wildman–Crippen MR) is 97.2 cm³/mol. The molecule has 6 nitrogen and oxygen atoms in total. The van der Waals surface area contributed by atoms with Crippen LogP contribution in [-0.2, 0) is 7.05 Å². The number of nitrogens with zero attached hydrogens (tertiary/aromatic N) is 2. The quantitative estimate of drug-likeness (QED) is 0.276. The molecular formula is C18H17ClFN3O3. The smallest absolute Gasteiger partial charge is 0.281 e. The second kappa shape index (κ2) is 6.42. The van der Waals surface area contributed by atoms with Crippen LogP contribution in [0.15, 0.2) is 33.8 Å². The van der Waals surface area contributed by atoms with E-state index in [1.54, 1.807) is 37.6 Å². The summed E-state index contributed by atoms with van der Waals surface area (Å²) in [4.78, 5) is 0. The third kappa shape index (κ3) is 2.61. The molecule has 26 heavy (non-hydrogen) atoms. The van der Waals surface area contributed by atoms with Crippen LogP contribution in [0.2, 0.25) is 5.15 Å². The molecule has 2 aromatic heterocycles. The molecule has 0 unspecified atom stereocenters.